The van der Waals surface area contributed by atoms with Crippen LogP contribution in [0.25, 0.3) is 0 Å². The fourth-order valence-electron chi connectivity index (χ4n) is 1.27. The number of carbonyl (C=O) groups is 1. The lowest BCUT2D eigenvalue weighted by atomic mass is 9.99. The first-order valence-electron chi connectivity index (χ1n) is 3.89. The predicted molar refractivity (Wildman–Crippen MR) is 48.0 cm³/mol. The van der Waals surface area contributed by atoms with Crippen molar-refractivity contribution in [2.75, 3.05) is 0 Å². The predicted octanol–water partition coefficient (Wildman–Crippen LogP) is 0.688. The summed E-state index contributed by atoms with van der Waals surface area (Å²) in [6.07, 6.45) is 0. The average Bonchev–Trinajstić information content (AvgIpc) is 2.16. The zero-order valence-electron chi connectivity index (χ0n) is 7.16. The minimum atomic E-state index is -0.381. The van der Waals surface area contributed by atoms with E-state index in [1.807, 2.05) is 0 Å². The van der Waals surface area contributed by atoms with Crippen molar-refractivity contribution in [1.82, 2.24) is 0 Å². The van der Waals surface area contributed by atoms with E-state index in [2.05, 4.69) is 6.92 Å². The van der Waals surface area contributed by atoms with Crippen molar-refractivity contribution in [2.24, 2.45) is 0 Å². The molecule has 3 heteroatoms. The van der Waals surface area contributed by atoms with Gasteiger partial charge in [0.15, 0.2) is 5.78 Å². The van der Waals surface area contributed by atoms with E-state index in [0.717, 1.165) is 0 Å². The lowest BCUT2D eigenvalue weighted by Crippen LogP contribution is -2.05. The highest BCUT2D eigenvalue weighted by Gasteiger charge is 2.10. The highest BCUT2D eigenvalue weighted by Crippen LogP contribution is 2.15. The molecule has 0 spiro atoms. The van der Waals surface area contributed by atoms with Crippen LogP contribution < -0.4 is 0 Å². The number of aliphatic hydroxyl groups excluding tert-OH is 2. The van der Waals surface area contributed by atoms with Crippen LogP contribution in [0.1, 0.15) is 21.5 Å². The Bertz CT molecular complexity index is 296. The van der Waals surface area contributed by atoms with E-state index in [-0.39, 0.29) is 19.0 Å². The van der Waals surface area contributed by atoms with Gasteiger partial charge < -0.3 is 10.2 Å². The molecule has 0 saturated heterocycles. The summed E-state index contributed by atoms with van der Waals surface area (Å²) in [6, 6.07) is 4.96. The molecule has 0 amide bonds. The van der Waals surface area contributed by atoms with Gasteiger partial charge in [-0.05, 0) is 11.1 Å². The van der Waals surface area contributed by atoms with Crippen LogP contribution in [-0.2, 0) is 13.2 Å². The van der Waals surface area contributed by atoms with Crippen molar-refractivity contribution >= 4 is 5.78 Å². The summed E-state index contributed by atoms with van der Waals surface area (Å²) in [4.78, 5) is 11.1. The summed E-state index contributed by atoms with van der Waals surface area (Å²) in [5.74, 6) is -0.381. The second kappa shape index (κ2) is 4.16. The van der Waals surface area contributed by atoms with Gasteiger partial charge in [-0.3, -0.25) is 4.79 Å². The van der Waals surface area contributed by atoms with E-state index in [9.17, 15) is 4.79 Å². The molecule has 0 bridgehead atoms. The first-order valence-corrected chi connectivity index (χ1v) is 3.89. The third-order valence-corrected chi connectivity index (χ3v) is 1.86. The van der Waals surface area contributed by atoms with Gasteiger partial charge in [0.05, 0.1) is 13.2 Å². The molecule has 0 aliphatic heterocycles. The molecule has 0 unspecified atom stereocenters. The molecular weight excluding hydrogens is 168 g/mol. The van der Waals surface area contributed by atoms with Crippen LogP contribution in [0.3, 0.4) is 0 Å². The maximum absolute atomic E-state index is 11.1. The van der Waals surface area contributed by atoms with E-state index in [4.69, 9.17) is 10.2 Å². The number of carbonyl (C=O) groups excluding carboxylic acids is 1. The summed E-state index contributed by atoms with van der Waals surface area (Å²) < 4.78 is 0. The van der Waals surface area contributed by atoms with Crippen LogP contribution in [0.15, 0.2) is 18.2 Å². The van der Waals surface area contributed by atoms with Gasteiger partial charge in [-0.1, -0.05) is 18.2 Å². The third kappa shape index (κ3) is 1.94. The van der Waals surface area contributed by atoms with Gasteiger partial charge in [-0.2, -0.15) is 0 Å². The van der Waals surface area contributed by atoms with Gasteiger partial charge in [0, 0.05) is 12.5 Å². The zero-order chi connectivity index (χ0) is 9.84. The Labute approximate surface area is 76.6 Å². The molecule has 13 heavy (non-hydrogen) atoms. The molecule has 1 aromatic carbocycles. The van der Waals surface area contributed by atoms with Crippen molar-refractivity contribution in [3.63, 3.8) is 0 Å². The molecule has 0 atom stereocenters. The number of benzene rings is 1. The maximum Gasteiger partial charge on any atom is 0.164 e. The van der Waals surface area contributed by atoms with Crippen molar-refractivity contribution in [3.8, 4) is 0 Å². The van der Waals surface area contributed by atoms with E-state index >= 15 is 0 Å². The standard InChI is InChI=1S/C10H11O3/c1-7(13)10-8(5-11)3-2-4-9(10)6-12/h2-4,11-12H,1,5-6H2. The topological polar surface area (TPSA) is 57.5 Å². The zero-order valence-corrected chi connectivity index (χ0v) is 7.16. The maximum atomic E-state index is 11.1. The molecule has 69 valence electrons. The van der Waals surface area contributed by atoms with E-state index in [1.54, 1.807) is 18.2 Å². The first kappa shape index (κ1) is 9.89. The fraction of sp³-hybridized carbons (Fsp3) is 0.200. The van der Waals surface area contributed by atoms with Crippen LogP contribution in [0.5, 0.6) is 0 Å². The number of hydrogen-bond acceptors (Lipinski definition) is 3. The number of hydrogen-bond donors (Lipinski definition) is 2. The Hall–Kier alpha value is -1.19. The molecule has 0 saturated carbocycles. The number of Topliss-reactive ketones (excluding diaryl/α,β-unsaturated/α-hetero) is 1. The van der Waals surface area contributed by atoms with Crippen LogP contribution in [0.2, 0.25) is 0 Å². The summed E-state index contributed by atoms with van der Waals surface area (Å²) in [6.45, 7) is 2.83. The lowest BCUT2D eigenvalue weighted by Gasteiger charge is -2.08. The molecule has 1 aromatic rings. The van der Waals surface area contributed by atoms with Crippen LogP contribution in [0, 0.1) is 6.92 Å². The Morgan fingerprint density at radius 1 is 1.23 bits per heavy atom. The van der Waals surface area contributed by atoms with Crippen molar-refractivity contribution in [1.29, 1.82) is 0 Å². The smallest absolute Gasteiger partial charge is 0.164 e. The molecule has 1 rings (SSSR count). The average molecular weight is 179 g/mol. The quantitative estimate of drug-likeness (QED) is 0.671. The molecule has 2 N–H and O–H groups in total. The Morgan fingerprint density at radius 2 is 1.69 bits per heavy atom. The van der Waals surface area contributed by atoms with Crippen LogP contribution >= 0.6 is 0 Å². The van der Waals surface area contributed by atoms with Crippen molar-refractivity contribution in [2.45, 2.75) is 13.2 Å². The largest absolute Gasteiger partial charge is 0.392 e. The number of rotatable bonds is 3. The van der Waals surface area contributed by atoms with Crippen LogP contribution in [-0.4, -0.2) is 16.0 Å². The second-order valence-electron chi connectivity index (χ2n) is 2.69. The van der Waals surface area contributed by atoms with E-state index < -0.39 is 0 Å². The van der Waals surface area contributed by atoms with E-state index in [0.29, 0.717) is 16.7 Å². The number of aliphatic hydroxyl groups is 2. The Balaban J connectivity index is 3.29. The van der Waals surface area contributed by atoms with Gasteiger partial charge in [0.2, 0.25) is 0 Å². The van der Waals surface area contributed by atoms with Crippen molar-refractivity contribution in [3.05, 3.63) is 41.8 Å². The van der Waals surface area contributed by atoms with Gasteiger partial charge in [0.25, 0.3) is 0 Å². The summed E-state index contributed by atoms with van der Waals surface area (Å²) in [5, 5.41) is 17.9. The second-order valence-corrected chi connectivity index (χ2v) is 2.69. The minimum Gasteiger partial charge on any atom is -0.392 e. The first-order chi connectivity index (χ1) is 6.20. The molecule has 0 fully saturated rings. The minimum absolute atomic E-state index is 0.218. The Kier molecular flexibility index (Phi) is 3.17. The SMILES string of the molecule is [CH2]C(=O)c1c(CO)cccc1CO. The fourth-order valence-corrected chi connectivity index (χ4v) is 1.27. The third-order valence-electron chi connectivity index (χ3n) is 1.86. The monoisotopic (exact) mass is 179 g/mol. The summed E-state index contributed by atoms with van der Waals surface area (Å²) in [7, 11) is 0. The molecule has 0 aromatic heterocycles. The Morgan fingerprint density at radius 3 is 2.00 bits per heavy atom. The van der Waals surface area contributed by atoms with Gasteiger partial charge in [-0.25, -0.2) is 0 Å². The molecule has 0 aliphatic rings. The lowest BCUT2D eigenvalue weighted by molar-refractivity contribution is 0.103. The highest BCUT2D eigenvalue weighted by molar-refractivity contribution is 6.01. The van der Waals surface area contributed by atoms with Gasteiger partial charge >= 0.3 is 0 Å². The summed E-state index contributed by atoms with van der Waals surface area (Å²) >= 11 is 0. The number of ketones is 1. The highest BCUT2D eigenvalue weighted by atomic mass is 16.3. The molecule has 1 radical (unpaired) electrons. The molecule has 3 nitrogen and oxygen atoms in total. The normalized spacial score (nSPS) is 10.1. The summed E-state index contributed by atoms with van der Waals surface area (Å²) in [5.41, 5.74) is 1.34. The van der Waals surface area contributed by atoms with Crippen molar-refractivity contribution < 1.29 is 15.0 Å². The van der Waals surface area contributed by atoms with Gasteiger partial charge in [-0.15, -0.1) is 0 Å². The van der Waals surface area contributed by atoms with E-state index in [1.165, 1.54) is 0 Å². The van der Waals surface area contributed by atoms with Gasteiger partial charge in [0.1, 0.15) is 0 Å². The molecule has 0 aliphatic carbocycles. The van der Waals surface area contributed by atoms with Crippen LogP contribution in [0.4, 0.5) is 0 Å². The molecular formula is C10H11O3. The molecule has 0 heterocycles.